The van der Waals surface area contributed by atoms with Crippen LogP contribution in [0.1, 0.15) is 38.6 Å². The summed E-state index contributed by atoms with van der Waals surface area (Å²) in [4.78, 5) is 34.6. The van der Waals surface area contributed by atoms with E-state index in [1.807, 2.05) is 0 Å². The monoisotopic (exact) mass is 417 g/mol. The fourth-order valence-corrected chi connectivity index (χ4v) is 4.95. The van der Waals surface area contributed by atoms with Crippen LogP contribution in [-0.2, 0) is 5.75 Å². The zero-order chi connectivity index (χ0) is 20.3. The number of carbonyl (C=O) groups excluding carboxylic acids is 1. The number of amides is 1. The van der Waals surface area contributed by atoms with Crippen molar-refractivity contribution in [2.24, 2.45) is 0 Å². The number of rotatable bonds is 7. The Bertz CT molecular complexity index is 1070. The van der Waals surface area contributed by atoms with E-state index in [9.17, 15) is 9.59 Å². The number of aliphatic hydroxyl groups excluding tert-OH is 1. The maximum absolute atomic E-state index is 12.6. The van der Waals surface area contributed by atoms with Crippen molar-refractivity contribution >= 4 is 39.2 Å². The minimum absolute atomic E-state index is 0.0222. The molecule has 0 saturated heterocycles. The highest BCUT2D eigenvalue weighted by Crippen LogP contribution is 2.29. The van der Waals surface area contributed by atoms with Crippen molar-refractivity contribution in [3.8, 4) is 0 Å². The van der Waals surface area contributed by atoms with Crippen LogP contribution >= 0.6 is 23.1 Å². The zero-order valence-corrected chi connectivity index (χ0v) is 17.7. The van der Waals surface area contributed by atoms with Gasteiger partial charge in [-0.05, 0) is 44.4 Å². The van der Waals surface area contributed by atoms with Crippen LogP contribution in [-0.4, -0.2) is 34.1 Å². The highest BCUT2D eigenvalue weighted by molar-refractivity contribution is 7.98. The molecule has 0 aliphatic rings. The van der Waals surface area contributed by atoms with Crippen LogP contribution < -0.4 is 10.9 Å². The minimum Gasteiger partial charge on any atom is -0.396 e. The number of aliphatic hydroxyl groups is 1. The van der Waals surface area contributed by atoms with Gasteiger partial charge in [-0.3, -0.25) is 9.59 Å². The number of H-pyrrole nitrogens is 1. The molecule has 3 N–H and O–H groups in total. The molecule has 1 amide bonds. The molecule has 1 aromatic carbocycles. The molecular weight excluding hydrogens is 394 g/mol. The lowest BCUT2D eigenvalue weighted by Gasteiger charge is -2.06. The first-order chi connectivity index (χ1) is 13.4. The molecule has 2 heterocycles. The van der Waals surface area contributed by atoms with Crippen molar-refractivity contribution in [1.29, 1.82) is 0 Å². The average Bonchev–Trinajstić information content (AvgIpc) is 2.99. The van der Waals surface area contributed by atoms with Crippen molar-refractivity contribution in [3.05, 3.63) is 55.9 Å². The van der Waals surface area contributed by atoms with Crippen LogP contribution in [0.2, 0.25) is 0 Å². The fourth-order valence-electron chi connectivity index (χ4n) is 2.84. The summed E-state index contributed by atoms with van der Waals surface area (Å²) in [5.74, 6) is 0.904. The molecule has 148 valence electrons. The second-order valence-corrected chi connectivity index (χ2v) is 8.66. The van der Waals surface area contributed by atoms with E-state index in [0.717, 1.165) is 4.90 Å². The first-order valence-electron chi connectivity index (χ1n) is 9.02. The lowest BCUT2D eigenvalue weighted by atomic mass is 10.2. The third-order valence-corrected chi connectivity index (χ3v) is 6.74. The lowest BCUT2D eigenvalue weighted by molar-refractivity contribution is 0.0954. The van der Waals surface area contributed by atoms with Crippen LogP contribution in [0.3, 0.4) is 0 Å². The largest absolute Gasteiger partial charge is 0.396 e. The van der Waals surface area contributed by atoms with E-state index >= 15 is 0 Å². The Morgan fingerprint density at radius 3 is 2.86 bits per heavy atom. The predicted molar refractivity (Wildman–Crippen MR) is 114 cm³/mol. The molecule has 0 radical (unpaired) electrons. The maximum Gasteiger partial charge on any atom is 0.261 e. The van der Waals surface area contributed by atoms with Crippen LogP contribution in [0.4, 0.5) is 0 Å². The Morgan fingerprint density at radius 2 is 2.11 bits per heavy atom. The lowest BCUT2D eigenvalue weighted by Crippen LogP contribution is -2.24. The third-order valence-electron chi connectivity index (χ3n) is 4.38. The smallest absolute Gasteiger partial charge is 0.261 e. The molecule has 0 fully saturated rings. The number of thioether (sulfide) groups is 1. The maximum atomic E-state index is 12.6. The molecule has 0 spiro atoms. The third kappa shape index (κ3) is 4.45. The minimum atomic E-state index is -0.236. The standard InChI is InChI=1S/C20H23N3O3S2/c1-11-5-6-12(2)14(9-11)27-10-15-22-18(25)16-13(3)17(28-20(16)23-15)19(26)21-7-4-8-24/h5-6,9,24H,4,7-8,10H2,1-3H3,(H,21,26)(H,22,23,25). The molecule has 0 aliphatic carbocycles. The first-order valence-corrected chi connectivity index (χ1v) is 10.8. The summed E-state index contributed by atoms with van der Waals surface area (Å²) in [6.45, 7) is 6.29. The second-order valence-electron chi connectivity index (χ2n) is 6.64. The normalized spacial score (nSPS) is 11.1. The summed E-state index contributed by atoms with van der Waals surface area (Å²) >= 11 is 2.86. The van der Waals surface area contributed by atoms with E-state index in [4.69, 9.17) is 5.11 Å². The van der Waals surface area contributed by atoms with Crippen LogP contribution in [0.5, 0.6) is 0 Å². The number of benzene rings is 1. The Morgan fingerprint density at radius 1 is 1.32 bits per heavy atom. The molecule has 0 saturated carbocycles. The van der Waals surface area contributed by atoms with E-state index < -0.39 is 0 Å². The number of carbonyl (C=O) groups is 1. The second kappa shape index (κ2) is 8.89. The molecule has 0 unspecified atom stereocenters. The van der Waals surface area contributed by atoms with Crippen LogP contribution in [0.25, 0.3) is 10.2 Å². The molecule has 3 aromatic rings. The number of nitrogens with zero attached hydrogens (tertiary/aromatic N) is 1. The summed E-state index contributed by atoms with van der Waals surface area (Å²) in [6.07, 6.45) is 0.494. The Hall–Kier alpha value is -2.16. The van der Waals surface area contributed by atoms with Gasteiger partial charge >= 0.3 is 0 Å². The molecule has 3 rings (SSSR count). The van der Waals surface area contributed by atoms with Gasteiger partial charge in [-0.2, -0.15) is 0 Å². The van der Waals surface area contributed by atoms with E-state index in [1.165, 1.54) is 22.5 Å². The van der Waals surface area contributed by atoms with Gasteiger partial charge in [0.05, 0.1) is 16.0 Å². The summed E-state index contributed by atoms with van der Waals surface area (Å²) in [5.41, 5.74) is 2.80. The highest BCUT2D eigenvalue weighted by atomic mass is 32.2. The Labute approximate surface area is 171 Å². The average molecular weight is 418 g/mol. The molecular formula is C20H23N3O3S2. The van der Waals surface area contributed by atoms with Crippen molar-refractivity contribution in [1.82, 2.24) is 15.3 Å². The van der Waals surface area contributed by atoms with E-state index in [2.05, 4.69) is 47.3 Å². The van der Waals surface area contributed by atoms with Gasteiger partial charge in [0.15, 0.2) is 0 Å². The number of hydrogen-bond acceptors (Lipinski definition) is 6. The number of aryl methyl sites for hydroxylation is 3. The molecule has 0 aliphatic heterocycles. The number of thiophene rings is 1. The van der Waals surface area contributed by atoms with Gasteiger partial charge in [-0.1, -0.05) is 17.7 Å². The summed E-state index contributed by atoms with van der Waals surface area (Å²) < 4.78 is 0. The zero-order valence-electron chi connectivity index (χ0n) is 16.1. The van der Waals surface area contributed by atoms with E-state index in [1.54, 1.807) is 18.7 Å². The molecule has 0 atom stereocenters. The fraction of sp³-hybridized carbons (Fsp3) is 0.350. The first kappa shape index (κ1) is 20.6. The van der Waals surface area contributed by atoms with Gasteiger partial charge in [-0.15, -0.1) is 23.1 Å². The van der Waals surface area contributed by atoms with E-state index in [0.29, 0.717) is 45.2 Å². The van der Waals surface area contributed by atoms with Crippen molar-refractivity contribution in [2.45, 2.75) is 37.8 Å². The summed E-state index contributed by atoms with van der Waals surface area (Å²) in [6, 6.07) is 6.29. The van der Waals surface area contributed by atoms with Gasteiger partial charge in [0.1, 0.15) is 10.7 Å². The van der Waals surface area contributed by atoms with Crippen molar-refractivity contribution in [3.63, 3.8) is 0 Å². The van der Waals surface area contributed by atoms with Gasteiger partial charge in [-0.25, -0.2) is 4.98 Å². The van der Waals surface area contributed by atoms with Gasteiger partial charge < -0.3 is 15.4 Å². The topological polar surface area (TPSA) is 95.1 Å². The molecule has 2 aromatic heterocycles. The summed E-state index contributed by atoms with van der Waals surface area (Å²) in [5, 5.41) is 12.1. The molecule has 0 bridgehead atoms. The Kier molecular flexibility index (Phi) is 6.53. The molecule has 28 heavy (non-hydrogen) atoms. The van der Waals surface area contributed by atoms with Crippen LogP contribution in [0.15, 0.2) is 27.9 Å². The molecule has 6 nitrogen and oxygen atoms in total. The van der Waals surface area contributed by atoms with E-state index in [-0.39, 0.29) is 18.1 Å². The van der Waals surface area contributed by atoms with Crippen molar-refractivity contribution < 1.29 is 9.90 Å². The van der Waals surface area contributed by atoms with Crippen LogP contribution in [0, 0.1) is 20.8 Å². The Balaban J connectivity index is 1.85. The number of fused-ring (bicyclic) bond motifs is 1. The van der Waals surface area contributed by atoms with Crippen molar-refractivity contribution in [2.75, 3.05) is 13.2 Å². The van der Waals surface area contributed by atoms with Gasteiger partial charge in [0.2, 0.25) is 0 Å². The highest BCUT2D eigenvalue weighted by Gasteiger charge is 2.19. The number of nitrogens with one attached hydrogen (secondary N) is 2. The SMILES string of the molecule is Cc1ccc(C)c(SCc2nc3sc(C(=O)NCCCO)c(C)c3c(=O)[nH]2)c1. The quantitative estimate of drug-likeness (QED) is 0.405. The van der Waals surface area contributed by atoms with Gasteiger partial charge in [0, 0.05) is 18.0 Å². The van der Waals surface area contributed by atoms with Gasteiger partial charge in [0.25, 0.3) is 11.5 Å². The number of hydrogen-bond donors (Lipinski definition) is 3. The summed E-state index contributed by atoms with van der Waals surface area (Å²) in [7, 11) is 0. The predicted octanol–water partition coefficient (Wildman–Crippen LogP) is 3.31. The number of aromatic amines is 1. The number of aromatic nitrogens is 2. The molecule has 8 heteroatoms.